The van der Waals surface area contributed by atoms with Crippen molar-refractivity contribution in [2.24, 2.45) is 0 Å². The van der Waals surface area contributed by atoms with Crippen molar-refractivity contribution in [2.45, 2.75) is 0 Å². The fourth-order valence-electron chi connectivity index (χ4n) is 1.34. The Hall–Kier alpha value is -1.34. The van der Waals surface area contributed by atoms with Gasteiger partial charge in [-0.05, 0) is 15.9 Å². The summed E-state index contributed by atoms with van der Waals surface area (Å²) in [5.41, 5.74) is -0.615. The Morgan fingerprint density at radius 3 is 2.71 bits per heavy atom. The molecule has 4 nitrogen and oxygen atoms in total. The van der Waals surface area contributed by atoms with Crippen LogP contribution < -0.4 is 0 Å². The van der Waals surface area contributed by atoms with Crippen LogP contribution >= 0.6 is 27.5 Å². The first-order chi connectivity index (χ1) is 7.93. The quantitative estimate of drug-likeness (QED) is 0.455. The number of rotatable bonds is 1. The van der Waals surface area contributed by atoms with E-state index in [-0.39, 0.29) is 10.9 Å². The van der Waals surface area contributed by atoms with Crippen molar-refractivity contribution in [2.75, 3.05) is 0 Å². The maximum absolute atomic E-state index is 13.7. The molecule has 1 heterocycles. The van der Waals surface area contributed by atoms with Gasteiger partial charge in [0.1, 0.15) is 17.0 Å². The Morgan fingerprint density at radius 1 is 1.47 bits per heavy atom. The number of benzene rings is 1. The number of hydrogen-bond donors (Lipinski definition) is 0. The largest absolute Gasteiger partial charge is 0.306 e. The first-order valence-corrected chi connectivity index (χ1v) is 5.36. The van der Waals surface area contributed by atoms with E-state index >= 15 is 0 Å². The van der Waals surface area contributed by atoms with Gasteiger partial charge in [0.2, 0.25) is 0 Å². The summed E-state index contributed by atoms with van der Waals surface area (Å²) in [6, 6.07) is 0.943. The van der Waals surface area contributed by atoms with Crippen LogP contribution in [0.15, 0.2) is 16.7 Å². The maximum atomic E-state index is 13.7. The summed E-state index contributed by atoms with van der Waals surface area (Å²) >= 11 is 8.39. The van der Waals surface area contributed by atoms with Crippen molar-refractivity contribution in [1.29, 1.82) is 0 Å². The third-order valence-electron chi connectivity index (χ3n) is 2.11. The summed E-state index contributed by atoms with van der Waals surface area (Å²) in [5.74, 6) is -1.87. The van der Waals surface area contributed by atoms with Gasteiger partial charge in [-0.2, -0.15) is 0 Å². The second-order valence-electron chi connectivity index (χ2n) is 3.10. The molecule has 0 saturated heterocycles. The van der Waals surface area contributed by atoms with Crippen LogP contribution in [0.1, 0.15) is 0 Å². The Morgan fingerprint density at radius 2 is 2.12 bits per heavy atom. The molecule has 88 valence electrons. The lowest BCUT2D eigenvalue weighted by molar-refractivity contribution is -0.384. The molecule has 0 spiro atoms. The maximum Gasteiger partial charge on any atom is 0.306 e. The number of halogens is 4. The van der Waals surface area contributed by atoms with Gasteiger partial charge in [0.25, 0.3) is 0 Å². The van der Waals surface area contributed by atoms with Crippen LogP contribution in [0.5, 0.6) is 0 Å². The van der Waals surface area contributed by atoms with Gasteiger partial charge in [-0.1, -0.05) is 11.6 Å². The molecule has 8 heteroatoms. The van der Waals surface area contributed by atoms with Gasteiger partial charge in [0, 0.05) is 6.07 Å². The first kappa shape index (κ1) is 12.1. The Balaban J connectivity index is 2.95. The molecule has 0 amide bonds. The van der Waals surface area contributed by atoms with Gasteiger partial charge in [-0.3, -0.25) is 10.1 Å². The molecule has 0 aliphatic carbocycles. The van der Waals surface area contributed by atoms with Gasteiger partial charge in [0.05, 0.1) is 20.3 Å². The van der Waals surface area contributed by atoms with E-state index in [9.17, 15) is 18.9 Å². The van der Waals surface area contributed by atoms with E-state index in [4.69, 9.17) is 11.6 Å². The number of pyridine rings is 1. The molecule has 0 bridgehead atoms. The van der Waals surface area contributed by atoms with Crippen LogP contribution in [-0.4, -0.2) is 9.91 Å². The predicted octanol–water partition coefficient (Wildman–Crippen LogP) is 3.84. The molecular weight excluding hydrogens is 321 g/mol. The highest BCUT2D eigenvalue weighted by atomic mass is 79.9. The van der Waals surface area contributed by atoms with Gasteiger partial charge in [-0.15, -0.1) is 0 Å². The topological polar surface area (TPSA) is 56.0 Å². The number of fused-ring (bicyclic) bond motifs is 1. The molecule has 2 rings (SSSR count). The fourth-order valence-corrected chi connectivity index (χ4v) is 1.95. The zero-order valence-electron chi connectivity index (χ0n) is 7.88. The highest BCUT2D eigenvalue weighted by molar-refractivity contribution is 9.10. The average molecular weight is 323 g/mol. The Labute approximate surface area is 106 Å². The predicted molar refractivity (Wildman–Crippen MR) is 61.0 cm³/mol. The van der Waals surface area contributed by atoms with Crippen molar-refractivity contribution in [1.82, 2.24) is 4.98 Å². The fraction of sp³-hybridized carbons (Fsp3) is 0. The van der Waals surface area contributed by atoms with Crippen LogP contribution in [0.3, 0.4) is 0 Å². The van der Waals surface area contributed by atoms with E-state index < -0.39 is 31.7 Å². The molecule has 0 fully saturated rings. The normalized spacial score (nSPS) is 10.8. The molecule has 17 heavy (non-hydrogen) atoms. The van der Waals surface area contributed by atoms with E-state index in [1.807, 2.05) is 0 Å². The molecule has 0 unspecified atom stereocenters. The Kier molecular flexibility index (Phi) is 2.96. The van der Waals surface area contributed by atoms with Crippen molar-refractivity contribution in [3.63, 3.8) is 0 Å². The average Bonchev–Trinajstić information content (AvgIpc) is 2.25. The SMILES string of the molecule is O=[N+]([O-])c1cnc2cc(F)c(Br)c(F)c2c1Cl. The van der Waals surface area contributed by atoms with E-state index in [1.54, 1.807) is 0 Å². The minimum absolute atomic E-state index is 0.0844. The molecule has 0 aliphatic heterocycles. The van der Waals surface area contributed by atoms with E-state index in [0.717, 1.165) is 12.3 Å². The van der Waals surface area contributed by atoms with Crippen LogP contribution in [0.25, 0.3) is 10.9 Å². The lowest BCUT2D eigenvalue weighted by atomic mass is 10.2. The van der Waals surface area contributed by atoms with E-state index in [0.29, 0.717) is 0 Å². The zero-order valence-corrected chi connectivity index (χ0v) is 10.2. The molecular formula is C9H2BrClF2N2O2. The lowest BCUT2D eigenvalue weighted by Gasteiger charge is -2.04. The van der Waals surface area contributed by atoms with Crippen molar-refractivity contribution in [3.05, 3.63) is 43.5 Å². The van der Waals surface area contributed by atoms with Crippen molar-refractivity contribution >= 4 is 44.1 Å². The molecule has 0 aliphatic rings. The summed E-state index contributed by atoms with van der Waals surface area (Å²) in [6.07, 6.45) is 0.859. The standard InChI is InChI=1S/C9H2BrClF2N2O2/c10-7-3(12)1-4-6(9(7)13)8(11)5(2-14-4)15(16)17/h1-2H. The number of aromatic nitrogens is 1. The molecule has 0 radical (unpaired) electrons. The molecule has 0 atom stereocenters. The highest BCUT2D eigenvalue weighted by Crippen LogP contribution is 2.36. The van der Waals surface area contributed by atoms with Gasteiger partial charge >= 0.3 is 5.69 Å². The molecule has 1 aromatic heterocycles. The van der Waals surface area contributed by atoms with Crippen molar-refractivity contribution in [3.8, 4) is 0 Å². The Bertz CT molecular complexity index is 651. The first-order valence-electron chi connectivity index (χ1n) is 4.19. The van der Waals surface area contributed by atoms with Crippen molar-refractivity contribution < 1.29 is 13.7 Å². The number of nitro groups is 1. The monoisotopic (exact) mass is 322 g/mol. The summed E-state index contributed by atoms with van der Waals surface area (Å²) in [5, 5.41) is 9.91. The third kappa shape index (κ3) is 1.85. The summed E-state index contributed by atoms with van der Waals surface area (Å²) in [7, 11) is 0. The number of hydrogen-bond acceptors (Lipinski definition) is 3. The van der Waals surface area contributed by atoms with Crippen LogP contribution in [0, 0.1) is 21.7 Å². The van der Waals surface area contributed by atoms with Crippen LogP contribution in [0.4, 0.5) is 14.5 Å². The molecule has 0 saturated carbocycles. The summed E-state index contributed by atoms with van der Waals surface area (Å²) in [6.45, 7) is 0. The summed E-state index contributed by atoms with van der Waals surface area (Å²) < 4.78 is 26.5. The third-order valence-corrected chi connectivity index (χ3v) is 3.22. The van der Waals surface area contributed by atoms with Crippen LogP contribution in [-0.2, 0) is 0 Å². The molecule has 0 N–H and O–H groups in total. The minimum atomic E-state index is -1.01. The summed E-state index contributed by atoms with van der Waals surface area (Å²) in [4.78, 5) is 13.4. The van der Waals surface area contributed by atoms with Gasteiger partial charge < -0.3 is 0 Å². The van der Waals surface area contributed by atoms with E-state index in [2.05, 4.69) is 20.9 Å². The second-order valence-corrected chi connectivity index (χ2v) is 4.27. The minimum Gasteiger partial charge on any atom is -0.258 e. The van der Waals surface area contributed by atoms with Gasteiger partial charge in [0.15, 0.2) is 5.82 Å². The highest BCUT2D eigenvalue weighted by Gasteiger charge is 2.22. The lowest BCUT2D eigenvalue weighted by Crippen LogP contribution is -1.95. The van der Waals surface area contributed by atoms with Gasteiger partial charge in [-0.25, -0.2) is 13.8 Å². The van der Waals surface area contributed by atoms with Crippen LogP contribution in [0.2, 0.25) is 5.02 Å². The molecule has 2 aromatic rings. The molecule has 1 aromatic carbocycles. The second kappa shape index (κ2) is 4.15. The number of nitrogens with zero attached hydrogens (tertiary/aromatic N) is 2. The zero-order chi connectivity index (χ0) is 12.7. The smallest absolute Gasteiger partial charge is 0.258 e. The van der Waals surface area contributed by atoms with E-state index in [1.165, 1.54) is 0 Å².